The molecule has 12 heteroatoms. The Kier molecular flexibility index (Phi) is 5.67. The number of para-hydroxylation sites is 1. The SMILES string of the molecule is CC12C(=O)N(c3ccc(F)c(Cl)c3)C(=O)C1CC1C(=CCC3C(=O)N(C(N)=O)C(=O)C31)C2c1cccc(F)c1O. The number of rotatable bonds is 2. The number of primary amides is 1. The molecule has 6 unspecified atom stereocenters. The first kappa shape index (κ1) is 26.1. The van der Waals surface area contributed by atoms with Crippen molar-refractivity contribution in [3.05, 3.63) is 70.3 Å². The first-order chi connectivity index (χ1) is 18.9. The molecule has 2 heterocycles. The fourth-order valence-corrected chi connectivity index (χ4v) is 7.39. The molecule has 4 aliphatic rings. The topological polar surface area (TPSA) is 138 Å². The van der Waals surface area contributed by atoms with Crippen LogP contribution in [0.15, 0.2) is 48.0 Å². The molecule has 3 fully saturated rings. The fourth-order valence-electron chi connectivity index (χ4n) is 7.21. The number of amides is 6. The minimum atomic E-state index is -1.56. The number of anilines is 1. The highest BCUT2D eigenvalue weighted by Gasteiger charge is 2.68. The van der Waals surface area contributed by atoms with Gasteiger partial charge in [-0.3, -0.25) is 19.2 Å². The van der Waals surface area contributed by atoms with Gasteiger partial charge in [0.1, 0.15) is 5.82 Å². The lowest BCUT2D eigenvalue weighted by molar-refractivity contribution is -0.136. The Balaban J connectivity index is 1.55. The van der Waals surface area contributed by atoms with E-state index in [1.54, 1.807) is 13.0 Å². The number of imide groups is 4. The number of fused-ring (bicyclic) bond motifs is 4. The highest BCUT2D eigenvalue weighted by molar-refractivity contribution is 6.31. The highest BCUT2D eigenvalue weighted by Crippen LogP contribution is 2.64. The van der Waals surface area contributed by atoms with E-state index in [0.29, 0.717) is 10.5 Å². The van der Waals surface area contributed by atoms with Gasteiger partial charge in [-0.05, 0) is 49.9 Å². The number of halogens is 3. The maximum atomic E-state index is 14.7. The van der Waals surface area contributed by atoms with Gasteiger partial charge in [0.05, 0.1) is 33.9 Å². The van der Waals surface area contributed by atoms with E-state index in [-0.39, 0.29) is 29.1 Å². The third-order valence-corrected chi connectivity index (χ3v) is 9.28. The molecule has 6 amide bonds. The largest absolute Gasteiger partial charge is 0.505 e. The number of aromatic hydroxyl groups is 1. The van der Waals surface area contributed by atoms with Crippen molar-refractivity contribution in [2.24, 2.45) is 34.8 Å². The zero-order chi connectivity index (χ0) is 28.8. The smallest absolute Gasteiger partial charge is 0.328 e. The third kappa shape index (κ3) is 3.27. The molecule has 0 bridgehead atoms. The highest BCUT2D eigenvalue weighted by atomic mass is 35.5. The van der Waals surface area contributed by atoms with E-state index in [1.165, 1.54) is 18.2 Å². The third-order valence-electron chi connectivity index (χ3n) is 8.99. The molecule has 3 N–H and O–H groups in total. The fraction of sp³-hybridized carbons (Fsp3) is 0.321. The van der Waals surface area contributed by atoms with E-state index >= 15 is 0 Å². The number of phenols is 1. The van der Waals surface area contributed by atoms with Gasteiger partial charge in [0.2, 0.25) is 23.6 Å². The van der Waals surface area contributed by atoms with Crippen molar-refractivity contribution >= 4 is 46.9 Å². The number of phenolic OH excluding ortho intramolecular Hbond substituents is 1. The molecule has 2 aliphatic carbocycles. The number of nitrogens with two attached hydrogens (primary N) is 1. The summed E-state index contributed by atoms with van der Waals surface area (Å²) in [5.41, 5.74) is 4.30. The van der Waals surface area contributed by atoms with E-state index in [2.05, 4.69) is 0 Å². The lowest BCUT2D eigenvalue weighted by atomic mass is 9.51. The second-order valence-electron chi connectivity index (χ2n) is 10.8. The number of nitrogens with zero attached hydrogens (tertiary/aromatic N) is 2. The Bertz CT molecular complexity index is 1590. The summed E-state index contributed by atoms with van der Waals surface area (Å²) in [6.45, 7) is 1.54. The molecule has 2 aromatic carbocycles. The molecular formula is C28H22ClF2N3O6. The maximum absolute atomic E-state index is 14.7. The number of hydrogen-bond acceptors (Lipinski definition) is 6. The summed E-state index contributed by atoms with van der Waals surface area (Å²) in [6.07, 6.45) is 1.67. The first-order valence-corrected chi connectivity index (χ1v) is 12.9. The Hall–Kier alpha value is -4.12. The van der Waals surface area contributed by atoms with E-state index in [1.807, 2.05) is 0 Å². The second-order valence-corrected chi connectivity index (χ2v) is 11.2. The van der Waals surface area contributed by atoms with Gasteiger partial charge >= 0.3 is 6.03 Å². The van der Waals surface area contributed by atoms with Crippen LogP contribution in [0.2, 0.25) is 5.02 Å². The molecule has 206 valence electrons. The molecule has 0 spiro atoms. The van der Waals surface area contributed by atoms with E-state index in [4.69, 9.17) is 17.3 Å². The van der Waals surface area contributed by atoms with Gasteiger partial charge in [0.25, 0.3) is 0 Å². The van der Waals surface area contributed by atoms with E-state index < -0.39 is 82.0 Å². The molecule has 6 atom stereocenters. The molecule has 6 rings (SSSR count). The Morgan fingerprint density at radius 1 is 1.05 bits per heavy atom. The quantitative estimate of drug-likeness (QED) is 0.418. The minimum absolute atomic E-state index is 0.0288. The second kappa shape index (κ2) is 8.69. The van der Waals surface area contributed by atoms with Gasteiger partial charge in [0.15, 0.2) is 11.6 Å². The Morgan fingerprint density at radius 3 is 2.45 bits per heavy atom. The minimum Gasteiger partial charge on any atom is -0.505 e. The van der Waals surface area contributed by atoms with Crippen molar-refractivity contribution in [1.29, 1.82) is 0 Å². The Labute approximate surface area is 231 Å². The van der Waals surface area contributed by atoms with Crippen molar-refractivity contribution in [1.82, 2.24) is 4.90 Å². The number of benzene rings is 2. The van der Waals surface area contributed by atoms with Crippen LogP contribution in [0.3, 0.4) is 0 Å². The summed E-state index contributed by atoms with van der Waals surface area (Å²) in [7, 11) is 0. The number of hydrogen-bond donors (Lipinski definition) is 2. The summed E-state index contributed by atoms with van der Waals surface area (Å²) in [5.74, 6) is -10.2. The molecule has 0 aromatic heterocycles. The van der Waals surface area contributed by atoms with E-state index in [0.717, 1.165) is 23.1 Å². The predicted molar refractivity (Wildman–Crippen MR) is 136 cm³/mol. The van der Waals surface area contributed by atoms with Gasteiger partial charge in [-0.2, -0.15) is 4.90 Å². The van der Waals surface area contributed by atoms with Crippen molar-refractivity contribution in [2.45, 2.75) is 25.7 Å². The van der Waals surface area contributed by atoms with Crippen LogP contribution in [-0.2, 0) is 19.2 Å². The molecule has 2 aromatic rings. The first-order valence-electron chi connectivity index (χ1n) is 12.6. The predicted octanol–water partition coefficient (Wildman–Crippen LogP) is 3.63. The van der Waals surface area contributed by atoms with Gasteiger partial charge in [-0.25, -0.2) is 18.5 Å². The molecule has 1 saturated carbocycles. The standard InChI is InChI=1S/C28H22ClF2N3O6/c1-28-16(24(37)33(26(28)39)11-5-8-18(30)17(29)9-11)10-15-12(21(28)14-3-2-4-19(31)22(14)35)6-7-13-20(15)25(38)34(23(13)36)27(32)40/h2-6,8-9,13,15-16,20-21,35H,7,10H2,1H3,(H2,32,40). The van der Waals surface area contributed by atoms with Crippen LogP contribution >= 0.6 is 11.6 Å². The molecule has 0 radical (unpaired) electrons. The number of likely N-dealkylation sites (tertiary alicyclic amines) is 1. The van der Waals surface area contributed by atoms with Gasteiger partial charge in [-0.15, -0.1) is 0 Å². The van der Waals surface area contributed by atoms with Crippen LogP contribution in [0, 0.1) is 40.7 Å². The summed E-state index contributed by atoms with van der Waals surface area (Å²) >= 11 is 5.95. The van der Waals surface area contributed by atoms with Crippen LogP contribution < -0.4 is 10.6 Å². The number of carbonyl (C=O) groups excluding carboxylic acids is 5. The average Bonchev–Trinajstić information content (AvgIpc) is 3.27. The molecule has 9 nitrogen and oxygen atoms in total. The molecule has 2 aliphatic heterocycles. The average molecular weight is 570 g/mol. The monoisotopic (exact) mass is 569 g/mol. The van der Waals surface area contributed by atoms with Gasteiger partial charge < -0.3 is 10.8 Å². The molecule has 40 heavy (non-hydrogen) atoms. The number of allylic oxidation sites excluding steroid dienone is 2. The van der Waals surface area contributed by atoms with Crippen LogP contribution in [-0.4, -0.2) is 39.7 Å². The maximum Gasteiger partial charge on any atom is 0.328 e. The number of carbonyl (C=O) groups is 5. The van der Waals surface area contributed by atoms with Crippen molar-refractivity contribution in [3.63, 3.8) is 0 Å². The Morgan fingerprint density at radius 2 is 1.77 bits per heavy atom. The lowest BCUT2D eigenvalue weighted by Gasteiger charge is -2.49. The lowest BCUT2D eigenvalue weighted by Crippen LogP contribution is -2.49. The summed E-state index contributed by atoms with van der Waals surface area (Å²) < 4.78 is 28.6. The van der Waals surface area contributed by atoms with Crippen LogP contribution in [0.25, 0.3) is 0 Å². The zero-order valence-electron chi connectivity index (χ0n) is 20.9. The molecule has 2 saturated heterocycles. The van der Waals surface area contributed by atoms with Gasteiger partial charge in [0, 0.05) is 11.5 Å². The van der Waals surface area contributed by atoms with Gasteiger partial charge in [-0.1, -0.05) is 35.4 Å². The van der Waals surface area contributed by atoms with Crippen LogP contribution in [0.4, 0.5) is 19.3 Å². The normalized spacial score (nSPS) is 31.2. The molecular weight excluding hydrogens is 548 g/mol. The summed E-state index contributed by atoms with van der Waals surface area (Å²) in [5, 5.41) is 10.5. The van der Waals surface area contributed by atoms with Crippen molar-refractivity contribution in [2.75, 3.05) is 4.90 Å². The summed E-state index contributed by atoms with van der Waals surface area (Å²) in [6, 6.07) is 6.03. The summed E-state index contributed by atoms with van der Waals surface area (Å²) in [4.78, 5) is 67.6. The zero-order valence-corrected chi connectivity index (χ0v) is 21.7. The van der Waals surface area contributed by atoms with Crippen LogP contribution in [0.1, 0.15) is 31.2 Å². The van der Waals surface area contributed by atoms with Crippen LogP contribution in [0.5, 0.6) is 5.75 Å². The number of urea groups is 1. The van der Waals surface area contributed by atoms with Crippen molar-refractivity contribution in [3.8, 4) is 5.75 Å². The van der Waals surface area contributed by atoms with E-state index in [9.17, 15) is 37.9 Å². The van der Waals surface area contributed by atoms with Crippen molar-refractivity contribution < 1.29 is 37.9 Å².